The third-order valence-electron chi connectivity index (χ3n) is 4.57. The van der Waals surface area contributed by atoms with Gasteiger partial charge < -0.3 is 23.5 Å². The maximum Gasteiger partial charge on any atom is 0.385 e. The van der Waals surface area contributed by atoms with E-state index in [2.05, 4.69) is 22.4 Å². The van der Waals surface area contributed by atoms with Gasteiger partial charge in [-0.15, -0.1) is 0 Å². The topological polar surface area (TPSA) is 82.8 Å². The van der Waals surface area contributed by atoms with E-state index in [1.807, 2.05) is 42.5 Å². The van der Waals surface area contributed by atoms with Crippen molar-refractivity contribution in [3.63, 3.8) is 0 Å². The number of nitrogens with one attached hydrogen (secondary N) is 1. The van der Waals surface area contributed by atoms with Gasteiger partial charge in [0.15, 0.2) is 0 Å². The molecule has 166 valence electrons. The van der Waals surface area contributed by atoms with E-state index in [1.54, 1.807) is 21.0 Å². The van der Waals surface area contributed by atoms with Crippen LogP contribution in [0.4, 0.5) is 5.88 Å². The second kappa shape index (κ2) is 11.1. The van der Waals surface area contributed by atoms with Crippen LogP contribution in [0.2, 0.25) is 0 Å². The summed E-state index contributed by atoms with van der Waals surface area (Å²) in [5.74, 6) is 1.53. The Hall–Kier alpha value is -2.60. The van der Waals surface area contributed by atoms with E-state index in [-0.39, 0.29) is 18.6 Å². The van der Waals surface area contributed by atoms with Crippen molar-refractivity contribution in [1.29, 1.82) is 0 Å². The zero-order chi connectivity index (χ0) is 22.1. The molecule has 0 unspecified atom stereocenters. The van der Waals surface area contributed by atoms with E-state index in [4.69, 9.17) is 18.2 Å². The van der Waals surface area contributed by atoms with Gasteiger partial charge in [0.05, 0.1) is 20.3 Å². The Bertz CT molecular complexity index is 979. The van der Waals surface area contributed by atoms with Gasteiger partial charge in [0.2, 0.25) is 17.2 Å². The first-order valence-corrected chi connectivity index (χ1v) is 11.9. The minimum absolute atomic E-state index is 0.188. The Morgan fingerprint density at radius 1 is 0.968 bits per heavy atom. The van der Waals surface area contributed by atoms with Crippen LogP contribution in [0.15, 0.2) is 59.0 Å². The molecule has 0 aliphatic rings. The minimum atomic E-state index is -3.61. The molecule has 7 nitrogen and oxygen atoms in total. The van der Waals surface area contributed by atoms with Crippen LogP contribution in [0.3, 0.4) is 0 Å². The smallest absolute Gasteiger partial charge is 0.385 e. The van der Waals surface area contributed by atoms with E-state index >= 15 is 0 Å². The van der Waals surface area contributed by atoms with E-state index in [0.717, 1.165) is 17.7 Å². The molecule has 3 rings (SSSR count). The predicted octanol–water partition coefficient (Wildman–Crippen LogP) is 4.82. The summed E-state index contributed by atoms with van der Waals surface area (Å²) in [5.41, 5.74) is 2.37. The highest BCUT2D eigenvalue weighted by molar-refractivity contribution is 7.62. The Morgan fingerprint density at radius 2 is 1.65 bits per heavy atom. The van der Waals surface area contributed by atoms with Crippen LogP contribution in [0.1, 0.15) is 30.9 Å². The lowest BCUT2D eigenvalue weighted by Crippen LogP contribution is -2.18. The molecule has 0 spiro atoms. The van der Waals surface area contributed by atoms with Crippen LogP contribution in [0, 0.1) is 0 Å². The summed E-state index contributed by atoms with van der Waals surface area (Å²) in [6, 6.07) is 17.7. The van der Waals surface area contributed by atoms with Gasteiger partial charge in [-0.05, 0) is 43.5 Å². The van der Waals surface area contributed by atoms with Gasteiger partial charge >= 0.3 is 7.60 Å². The zero-order valence-electron chi connectivity index (χ0n) is 18.2. The van der Waals surface area contributed by atoms with Gasteiger partial charge in [-0.2, -0.15) is 0 Å². The molecule has 0 saturated carbocycles. The number of nitrogens with zero attached hydrogens (tertiary/aromatic N) is 1. The first-order valence-electron chi connectivity index (χ1n) is 10.4. The van der Waals surface area contributed by atoms with Crippen molar-refractivity contribution in [2.75, 3.05) is 32.2 Å². The summed E-state index contributed by atoms with van der Waals surface area (Å²) in [4.78, 5) is 4.51. The number of methoxy groups -OCH3 is 1. The summed E-state index contributed by atoms with van der Waals surface area (Å²) in [7, 11) is -1.98. The Kier molecular flexibility index (Phi) is 8.29. The summed E-state index contributed by atoms with van der Waals surface area (Å²) in [5, 5.41) is 3.23. The molecular weight excluding hydrogens is 415 g/mol. The fraction of sp³-hybridized carbons (Fsp3) is 0.348. The standard InChI is InChI=1S/C23H29N2O5P/c1-4-28-31(26,29-5-2)23-22(24-16-15-18-9-7-6-8-10-18)30-21(25-23)17-19-11-13-20(27-3)14-12-19/h6-14,24H,4-5,15-17H2,1-3H3. The summed E-state index contributed by atoms with van der Waals surface area (Å²) in [6.45, 7) is 4.61. The van der Waals surface area contributed by atoms with Crippen LogP contribution in [0.5, 0.6) is 5.75 Å². The molecule has 1 aromatic heterocycles. The maximum absolute atomic E-state index is 13.4. The highest BCUT2D eigenvalue weighted by Crippen LogP contribution is 2.48. The van der Waals surface area contributed by atoms with Crippen molar-refractivity contribution < 1.29 is 22.8 Å². The van der Waals surface area contributed by atoms with E-state index in [0.29, 0.717) is 24.7 Å². The Labute approximate surface area is 183 Å². The molecule has 0 fully saturated rings. The van der Waals surface area contributed by atoms with E-state index < -0.39 is 7.60 Å². The fourth-order valence-electron chi connectivity index (χ4n) is 3.11. The molecule has 0 bridgehead atoms. The van der Waals surface area contributed by atoms with E-state index in [9.17, 15) is 4.57 Å². The van der Waals surface area contributed by atoms with Crippen molar-refractivity contribution in [3.05, 3.63) is 71.6 Å². The molecule has 0 radical (unpaired) electrons. The van der Waals surface area contributed by atoms with Crippen LogP contribution < -0.4 is 15.5 Å². The minimum Gasteiger partial charge on any atom is -0.497 e. The first-order chi connectivity index (χ1) is 15.1. The molecule has 1 N–H and O–H groups in total. The highest BCUT2D eigenvalue weighted by atomic mass is 31.2. The zero-order valence-corrected chi connectivity index (χ0v) is 19.1. The normalized spacial score (nSPS) is 11.5. The second-order valence-electron chi connectivity index (χ2n) is 6.78. The number of hydrogen-bond donors (Lipinski definition) is 1. The van der Waals surface area contributed by atoms with Gasteiger partial charge in [0, 0.05) is 13.0 Å². The number of anilines is 1. The van der Waals surface area contributed by atoms with E-state index in [1.165, 1.54) is 5.56 Å². The third kappa shape index (κ3) is 6.20. The van der Waals surface area contributed by atoms with Crippen molar-refractivity contribution in [2.45, 2.75) is 26.7 Å². The maximum atomic E-state index is 13.4. The van der Waals surface area contributed by atoms with Gasteiger partial charge in [0.25, 0.3) is 0 Å². The summed E-state index contributed by atoms with van der Waals surface area (Å²) in [6.07, 6.45) is 1.22. The lowest BCUT2D eigenvalue weighted by molar-refractivity contribution is 0.229. The average molecular weight is 444 g/mol. The van der Waals surface area contributed by atoms with Gasteiger partial charge in [0.1, 0.15) is 5.75 Å². The Morgan fingerprint density at radius 3 is 2.26 bits per heavy atom. The molecule has 0 saturated heterocycles. The molecular formula is C23H29N2O5P. The van der Waals surface area contributed by atoms with Crippen molar-refractivity contribution in [2.24, 2.45) is 0 Å². The number of oxazole rings is 1. The lowest BCUT2D eigenvalue weighted by atomic mass is 10.1. The summed E-state index contributed by atoms with van der Waals surface area (Å²) < 4.78 is 35.6. The molecule has 0 aliphatic heterocycles. The molecule has 31 heavy (non-hydrogen) atoms. The Balaban J connectivity index is 1.83. The number of aromatic nitrogens is 1. The van der Waals surface area contributed by atoms with Crippen LogP contribution >= 0.6 is 7.60 Å². The second-order valence-corrected chi connectivity index (χ2v) is 8.72. The lowest BCUT2D eigenvalue weighted by Gasteiger charge is -2.15. The number of rotatable bonds is 12. The van der Waals surface area contributed by atoms with Crippen LogP contribution in [-0.2, 0) is 26.5 Å². The number of benzene rings is 2. The van der Waals surface area contributed by atoms with Crippen molar-refractivity contribution in [3.8, 4) is 5.75 Å². The molecule has 0 amide bonds. The van der Waals surface area contributed by atoms with Gasteiger partial charge in [-0.25, -0.2) is 4.98 Å². The number of ether oxygens (including phenoxy) is 1. The molecule has 1 heterocycles. The molecule has 8 heteroatoms. The molecule has 0 aliphatic carbocycles. The van der Waals surface area contributed by atoms with Crippen molar-refractivity contribution >= 4 is 18.9 Å². The molecule has 3 aromatic rings. The average Bonchev–Trinajstić information content (AvgIpc) is 3.19. The first kappa shape index (κ1) is 23.1. The largest absolute Gasteiger partial charge is 0.497 e. The monoisotopic (exact) mass is 444 g/mol. The predicted molar refractivity (Wildman–Crippen MR) is 121 cm³/mol. The molecule has 2 aromatic carbocycles. The fourth-order valence-corrected chi connectivity index (χ4v) is 4.72. The number of hydrogen-bond acceptors (Lipinski definition) is 7. The highest BCUT2D eigenvalue weighted by Gasteiger charge is 2.35. The van der Waals surface area contributed by atoms with Crippen LogP contribution in [-0.4, -0.2) is 31.9 Å². The van der Waals surface area contributed by atoms with Gasteiger partial charge in [-0.1, -0.05) is 42.5 Å². The summed E-state index contributed by atoms with van der Waals surface area (Å²) >= 11 is 0. The SMILES string of the molecule is CCOP(=O)(OCC)c1nc(Cc2ccc(OC)cc2)oc1NCCc1ccccc1. The third-order valence-corrected chi connectivity index (χ3v) is 6.59. The van der Waals surface area contributed by atoms with Crippen molar-refractivity contribution in [1.82, 2.24) is 4.98 Å². The molecule has 0 atom stereocenters. The van der Waals surface area contributed by atoms with Crippen LogP contribution in [0.25, 0.3) is 0 Å². The van der Waals surface area contributed by atoms with Gasteiger partial charge in [-0.3, -0.25) is 4.57 Å². The quantitative estimate of drug-likeness (QED) is 0.401.